The molecule has 2 aromatic carbocycles. The number of hydrogen-bond donors (Lipinski definition) is 1. The van der Waals surface area contributed by atoms with Crippen molar-refractivity contribution in [1.29, 1.82) is 0 Å². The number of amides is 1. The highest BCUT2D eigenvalue weighted by Crippen LogP contribution is 2.27. The molecule has 0 aliphatic carbocycles. The van der Waals surface area contributed by atoms with Crippen LogP contribution < -0.4 is 5.32 Å². The van der Waals surface area contributed by atoms with Gasteiger partial charge in [-0.05, 0) is 25.1 Å². The number of rotatable bonds is 5. The van der Waals surface area contributed by atoms with E-state index in [1.54, 1.807) is 7.05 Å². The van der Waals surface area contributed by atoms with Crippen LogP contribution in [0.25, 0.3) is 11.1 Å². The molecule has 1 atom stereocenters. The molecule has 6 heteroatoms. The van der Waals surface area contributed by atoms with E-state index < -0.39 is 9.84 Å². The molecule has 3 rings (SSSR count). The molecule has 0 radical (unpaired) electrons. The average molecular weight is 358 g/mol. The number of para-hydroxylation sites is 1. The maximum Gasteiger partial charge on any atom is 0.238 e. The summed E-state index contributed by atoms with van der Waals surface area (Å²) in [5.41, 5.74) is 2.75. The Morgan fingerprint density at radius 3 is 2.48 bits per heavy atom. The second kappa shape index (κ2) is 7.37. The SMILES string of the molecule is CN(CC(=O)Nc1ccccc1-c1ccccc1)C1CCS(=O)(=O)C1. The molecule has 1 unspecified atom stereocenters. The fourth-order valence-corrected chi connectivity index (χ4v) is 4.94. The number of carbonyl (C=O) groups is 1. The summed E-state index contributed by atoms with van der Waals surface area (Å²) in [6.07, 6.45) is 0.590. The molecule has 1 heterocycles. The number of likely N-dealkylation sites (N-methyl/N-ethyl adjacent to an activating group) is 1. The van der Waals surface area contributed by atoms with Gasteiger partial charge in [0, 0.05) is 17.3 Å². The van der Waals surface area contributed by atoms with Crippen LogP contribution in [0.5, 0.6) is 0 Å². The highest BCUT2D eigenvalue weighted by atomic mass is 32.2. The maximum absolute atomic E-state index is 12.4. The van der Waals surface area contributed by atoms with E-state index in [1.807, 2.05) is 59.5 Å². The van der Waals surface area contributed by atoms with E-state index in [4.69, 9.17) is 0 Å². The minimum absolute atomic E-state index is 0.0832. The molecule has 1 amide bonds. The van der Waals surface area contributed by atoms with Gasteiger partial charge in [0.2, 0.25) is 5.91 Å². The van der Waals surface area contributed by atoms with Gasteiger partial charge in [0.1, 0.15) is 0 Å². The number of hydrogen-bond acceptors (Lipinski definition) is 4. The highest BCUT2D eigenvalue weighted by Gasteiger charge is 2.31. The lowest BCUT2D eigenvalue weighted by molar-refractivity contribution is -0.117. The molecule has 5 nitrogen and oxygen atoms in total. The number of anilines is 1. The van der Waals surface area contributed by atoms with E-state index >= 15 is 0 Å². The summed E-state index contributed by atoms with van der Waals surface area (Å²) in [7, 11) is -1.15. The van der Waals surface area contributed by atoms with Crippen molar-refractivity contribution in [3.63, 3.8) is 0 Å². The third-order valence-corrected chi connectivity index (χ3v) is 6.26. The first kappa shape index (κ1) is 17.6. The molecular weight excluding hydrogens is 336 g/mol. The molecule has 25 heavy (non-hydrogen) atoms. The Hall–Kier alpha value is -2.18. The maximum atomic E-state index is 12.4. The topological polar surface area (TPSA) is 66.5 Å². The van der Waals surface area contributed by atoms with E-state index in [2.05, 4.69) is 5.32 Å². The molecule has 1 fully saturated rings. The molecule has 1 aliphatic rings. The van der Waals surface area contributed by atoms with Crippen LogP contribution in [0.1, 0.15) is 6.42 Å². The van der Waals surface area contributed by atoms with Crippen LogP contribution in [0.2, 0.25) is 0 Å². The van der Waals surface area contributed by atoms with Crippen molar-refractivity contribution in [2.24, 2.45) is 0 Å². The Labute approximate surface area is 148 Å². The Balaban J connectivity index is 1.68. The molecule has 1 saturated heterocycles. The Morgan fingerprint density at radius 2 is 1.80 bits per heavy atom. The van der Waals surface area contributed by atoms with Crippen LogP contribution in [-0.4, -0.2) is 50.4 Å². The Bertz CT molecular complexity index is 850. The van der Waals surface area contributed by atoms with Gasteiger partial charge in [-0.1, -0.05) is 48.5 Å². The van der Waals surface area contributed by atoms with E-state index in [9.17, 15) is 13.2 Å². The zero-order chi connectivity index (χ0) is 17.9. The van der Waals surface area contributed by atoms with Crippen molar-refractivity contribution >= 4 is 21.4 Å². The van der Waals surface area contributed by atoms with Crippen molar-refractivity contribution < 1.29 is 13.2 Å². The molecule has 0 spiro atoms. The highest BCUT2D eigenvalue weighted by molar-refractivity contribution is 7.91. The molecular formula is C19H22N2O3S. The number of carbonyl (C=O) groups excluding carboxylic acids is 1. The zero-order valence-electron chi connectivity index (χ0n) is 14.2. The zero-order valence-corrected chi connectivity index (χ0v) is 15.0. The van der Waals surface area contributed by atoms with Gasteiger partial charge in [0.15, 0.2) is 9.84 Å². The third-order valence-electron chi connectivity index (χ3n) is 4.51. The summed E-state index contributed by atoms with van der Waals surface area (Å²) in [6.45, 7) is 0.170. The molecule has 1 N–H and O–H groups in total. The summed E-state index contributed by atoms with van der Waals surface area (Å²) in [5.74, 6) is 0.202. The van der Waals surface area contributed by atoms with Crippen molar-refractivity contribution in [2.75, 3.05) is 30.4 Å². The molecule has 0 bridgehead atoms. The van der Waals surface area contributed by atoms with Crippen LogP contribution in [0, 0.1) is 0 Å². The summed E-state index contributed by atoms with van der Waals surface area (Å²) in [5, 5.41) is 2.95. The van der Waals surface area contributed by atoms with Gasteiger partial charge in [-0.15, -0.1) is 0 Å². The monoisotopic (exact) mass is 358 g/mol. The second-order valence-corrected chi connectivity index (χ2v) is 8.66. The minimum Gasteiger partial charge on any atom is -0.324 e. The van der Waals surface area contributed by atoms with E-state index in [0.29, 0.717) is 6.42 Å². The van der Waals surface area contributed by atoms with E-state index in [0.717, 1.165) is 16.8 Å². The van der Waals surface area contributed by atoms with Gasteiger partial charge in [0.05, 0.1) is 18.1 Å². The smallest absolute Gasteiger partial charge is 0.238 e. The molecule has 1 aliphatic heterocycles. The van der Waals surface area contributed by atoms with Gasteiger partial charge >= 0.3 is 0 Å². The number of nitrogens with one attached hydrogen (secondary N) is 1. The van der Waals surface area contributed by atoms with Crippen LogP contribution in [0.15, 0.2) is 54.6 Å². The average Bonchev–Trinajstić information content (AvgIpc) is 2.96. The molecule has 132 valence electrons. The lowest BCUT2D eigenvalue weighted by Gasteiger charge is -2.22. The number of benzene rings is 2. The van der Waals surface area contributed by atoms with Crippen LogP contribution >= 0.6 is 0 Å². The van der Waals surface area contributed by atoms with Crippen molar-refractivity contribution in [3.8, 4) is 11.1 Å². The lowest BCUT2D eigenvalue weighted by atomic mass is 10.0. The fourth-order valence-electron chi connectivity index (χ4n) is 3.13. The number of nitrogens with zero attached hydrogens (tertiary/aromatic N) is 1. The standard InChI is InChI=1S/C19H22N2O3S/c1-21(16-11-12-25(23,24)14-16)13-19(22)20-18-10-6-5-9-17(18)15-7-3-2-4-8-15/h2-10,16H,11-14H2,1H3,(H,20,22). The Morgan fingerprint density at radius 1 is 1.12 bits per heavy atom. The van der Waals surface area contributed by atoms with Crippen LogP contribution in [0.3, 0.4) is 0 Å². The number of sulfone groups is 1. The first-order valence-corrected chi connectivity index (χ1v) is 10.1. The van der Waals surface area contributed by atoms with Crippen molar-refractivity contribution in [3.05, 3.63) is 54.6 Å². The molecule has 2 aromatic rings. The predicted octanol–water partition coefficient (Wildman–Crippen LogP) is 2.41. The second-order valence-electron chi connectivity index (χ2n) is 6.43. The van der Waals surface area contributed by atoms with Gasteiger partial charge in [0.25, 0.3) is 0 Å². The van der Waals surface area contributed by atoms with Gasteiger partial charge < -0.3 is 5.32 Å². The van der Waals surface area contributed by atoms with Crippen LogP contribution in [0.4, 0.5) is 5.69 Å². The summed E-state index contributed by atoms with van der Waals surface area (Å²) in [4.78, 5) is 14.2. The summed E-state index contributed by atoms with van der Waals surface area (Å²) < 4.78 is 23.2. The summed E-state index contributed by atoms with van der Waals surface area (Å²) in [6, 6.07) is 17.5. The van der Waals surface area contributed by atoms with Gasteiger partial charge in [-0.3, -0.25) is 9.69 Å². The lowest BCUT2D eigenvalue weighted by Crippen LogP contribution is -2.38. The minimum atomic E-state index is -2.95. The van der Waals surface area contributed by atoms with E-state index in [-0.39, 0.29) is 30.0 Å². The van der Waals surface area contributed by atoms with E-state index in [1.165, 1.54) is 0 Å². The van der Waals surface area contributed by atoms with Crippen LogP contribution in [-0.2, 0) is 14.6 Å². The molecule has 0 saturated carbocycles. The third kappa shape index (κ3) is 4.46. The van der Waals surface area contributed by atoms with Gasteiger partial charge in [-0.25, -0.2) is 8.42 Å². The first-order chi connectivity index (χ1) is 11.9. The normalized spacial score (nSPS) is 19.0. The largest absolute Gasteiger partial charge is 0.324 e. The fraction of sp³-hybridized carbons (Fsp3) is 0.316. The molecule has 0 aromatic heterocycles. The van der Waals surface area contributed by atoms with Crippen molar-refractivity contribution in [1.82, 2.24) is 4.90 Å². The predicted molar refractivity (Wildman–Crippen MR) is 100 cm³/mol. The van der Waals surface area contributed by atoms with Gasteiger partial charge in [-0.2, -0.15) is 0 Å². The summed E-state index contributed by atoms with van der Waals surface area (Å²) >= 11 is 0. The quantitative estimate of drug-likeness (QED) is 0.891. The first-order valence-electron chi connectivity index (χ1n) is 8.29. The Kier molecular flexibility index (Phi) is 5.20. The van der Waals surface area contributed by atoms with Crippen molar-refractivity contribution in [2.45, 2.75) is 12.5 Å².